The number of thiazole rings is 1. The van der Waals surface area contributed by atoms with Crippen LogP contribution in [0.5, 0.6) is 5.75 Å². The number of para-hydroxylation sites is 1. The SMILES string of the molecule is CCOc1ccc(N=C(NN=Cc2ccccc2Cl)c2nc3ccccc3s2)cc1. The molecule has 150 valence electrons. The molecule has 7 heteroatoms. The molecule has 0 bridgehead atoms. The number of hydrogen-bond donors (Lipinski definition) is 1. The minimum Gasteiger partial charge on any atom is -0.494 e. The second-order valence-corrected chi connectivity index (χ2v) is 7.70. The minimum atomic E-state index is 0.559. The lowest BCUT2D eigenvalue weighted by Crippen LogP contribution is -2.18. The van der Waals surface area contributed by atoms with Crippen LogP contribution in [0.15, 0.2) is 82.9 Å². The highest BCUT2D eigenvalue weighted by Crippen LogP contribution is 2.24. The van der Waals surface area contributed by atoms with Crippen LogP contribution in [0.1, 0.15) is 17.5 Å². The lowest BCUT2D eigenvalue weighted by molar-refractivity contribution is 0.340. The van der Waals surface area contributed by atoms with E-state index in [0.717, 1.165) is 32.2 Å². The highest BCUT2D eigenvalue weighted by atomic mass is 35.5. The number of halogens is 1. The van der Waals surface area contributed by atoms with E-state index in [1.54, 1.807) is 17.6 Å². The summed E-state index contributed by atoms with van der Waals surface area (Å²) in [7, 11) is 0. The molecule has 0 saturated heterocycles. The van der Waals surface area contributed by atoms with Crippen LogP contribution in [0.2, 0.25) is 5.02 Å². The molecule has 0 fully saturated rings. The Hall–Kier alpha value is -3.22. The van der Waals surface area contributed by atoms with Crippen molar-refractivity contribution < 1.29 is 4.74 Å². The zero-order valence-corrected chi connectivity index (χ0v) is 17.8. The molecule has 0 saturated carbocycles. The standard InChI is InChI=1S/C23H19ClN4OS/c1-2-29-18-13-11-17(12-14-18)26-22(23-27-20-9-5-6-10-21(20)30-23)28-25-15-16-7-3-4-8-19(16)24/h3-15H,2H2,1H3,(H,26,28). The number of benzene rings is 3. The number of aromatic nitrogens is 1. The lowest BCUT2D eigenvalue weighted by Gasteiger charge is -2.05. The van der Waals surface area contributed by atoms with Crippen LogP contribution in [-0.4, -0.2) is 23.6 Å². The van der Waals surface area contributed by atoms with Gasteiger partial charge in [0.1, 0.15) is 5.75 Å². The van der Waals surface area contributed by atoms with Gasteiger partial charge in [-0.1, -0.05) is 41.9 Å². The van der Waals surface area contributed by atoms with Crippen molar-refractivity contribution in [3.8, 4) is 5.75 Å². The summed E-state index contributed by atoms with van der Waals surface area (Å²) in [6.07, 6.45) is 1.67. The number of fused-ring (bicyclic) bond motifs is 1. The molecule has 0 aliphatic rings. The van der Waals surface area contributed by atoms with Crippen molar-refractivity contribution in [2.24, 2.45) is 10.1 Å². The molecule has 4 aromatic rings. The predicted octanol–water partition coefficient (Wildman–Crippen LogP) is 6.05. The van der Waals surface area contributed by atoms with Gasteiger partial charge in [-0.15, -0.1) is 11.3 Å². The smallest absolute Gasteiger partial charge is 0.183 e. The first kappa shape index (κ1) is 20.1. The van der Waals surface area contributed by atoms with Crippen LogP contribution >= 0.6 is 22.9 Å². The van der Waals surface area contributed by atoms with Crippen molar-refractivity contribution in [2.75, 3.05) is 6.61 Å². The topological polar surface area (TPSA) is 58.9 Å². The van der Waals surface area contributed by atoms with E-state index in [0.29, 0.717) is 17.5 Å². The Labute approximate surface area is 183 Å². The van der Waals surface area contributed by atoms with Gasteiger partial charge in [0, 0.05) is 10.6 Å². The van der Waals surface area contributed by atoms with Crippen LogP contribution in [0.25, 0.3) is 10.2 Å². The maximum absolute atomic E-state index is 6.21. The number of amidine groups is 1. The van der Waals surface area contributed by atoms with Crippen molar-refractivity contribution in [1.29, 1.82) is 0 Å². The number of hydrogen-bond acceptors (Lipinski definition) is 5. The Morgan fingerprint density at radius 2 is 1.83 bits per heavy atom. The molecule has 0 atom stereocenters. The fourth-order valence-electron chi connectivity index (χ4n) is 2.75. The third-order valence-corrected chi connectivity index (χ3v) is 5.55. The Morgan fingerprint density at radius 1 is 1.07 bits per heavy atom. The average Bonchev–Trinajstić information content (AvgIpc) is 3.20. The number of rotatable bonds is 6. The van der Waals surface area contributed by atoms with Gasteiger partial charge in [-0.05, 0) is 49.4 Å². The summed E-state index contributed by atoms with van der Waals surface area (Å²) in [5.74, 6) is 1.37. The average molecular weight is 435 g/mol. The second kappa shape index (κ2) is 9.52. The van der Waals surface area contributed by atoms with Gasteiger partial charge >= 0.3 is 0 Å². The summed E-state index contributed by atoms with van der Waals surface area (Å²) in [6.45, 7) is 2.58. The van der Waals surface area contributed by atoms with Crippen molar-refractivity contribution in [3.63, 3.8) is 0 Å². The number of nitrogens with one attached hydrogen (secondary N) is 1. The first-order valence-corrected chi connectivity index (χ1v) is 10.6. The Morgan fingerprint density at radius 3 is 2.60 bits per heavy atom. The fraction of sp³-hybridized carbons (Fsp3) is 0.0870. The molecule has 0 aliphatic carbocycles. The molecule has 3 aromatic carbocycles. The van der Waals surface area contributed by atoms with Crippen molar-refractivity contribution in [2.45, 2.75) is 6.92 Å². The highest BCUT2D eigenvalue weighted by Gasteiger charge is 2.10. The first-order chi connectivity index (χ1) is 14.7. The largest absolute Gasteiger partial charge is 0.494 e. The summed E-state index contributed by atoms with van der Waals surface area (Å²) in [4.78, 5) is 9.43. The lowest BCUT2D eigenvalue weighted by atomic mass is 10.2. The fourth-order valence-corrected chi connectivity index (χ4v) is 3.84. The van der Waals surface area contributed by atoms with Gasteiger partial charge in [-0.2, -0.15) is 5.10 Å². The van der Waals surface area contributed by atoms with E-state index in [9.17, 15) is 0 Å². The molecule has 1 N–H and O–H groups in total. The van der Waals surface area contributed by atoms with Crippen LogP contribution in [0.4, 0.5) is 5.69 Å². The summed E-state index contributed by atoms with van der Waals surface area (Å²) < 4.78 is 6.59. The normalized spacial score (nSPS) is 11.9. The van der Waals surface area contributed by atoms with Gasteiger partial charge in [0.05, 0.1) is 28.7 Å². The molecule has 30 heavy (non-hydrogen) atoms. The Bertz CT molecular complexity index is 1170. The minimum absolute atomic E-state index is 0.559. The van der Waals surface area contributed by atoms with Crippen LogP contribution < -0.4 is 10.2 Å². The van der Waals surface area contributed by atoms with E-state index in [4.69, 9.17) is 26.3 Å². The summed E-state index contributed by atoms with van der Waals surface area (Å²) >= 11 is 7.77. The van der Waals surface area contributed by atoms with E-state index in [1.165, 1.54) is 0 Å². The van der Waals surface area contributed by atoms with Gasteiger partial charge in [-0.3, -0.25) is 5.43 Å². The zero-order valence-electron chi connectivity index (χ0n) is 16.2. The van der Waals surface area contributed by atoms with E-state index in [1.807, 2.05) is 79.7 Å². The number of nitrogens with zero attached hydrogens (tertiary/aromatic N) is 3. The van der Waals surface area contributed by atoms with Crippen LogP contribution in [0.3, 0.4) is 0 Å². The van der Waals surface area contributed by atoms with Crippen LogP contribution in [-0.2, 0) is 0 Å². The molecule has 4 rings (SSSR count). The third kappa shape index (κ3) is 4.84. The van der Waals surface area contributed by atoms with E-state index >= 15 is 0 Å². The molecule has 0 amide bonds. The Balaban J connectivity index is 1.66. The molecule has 0 unspecified atom stereocenters. The molecule has 0 aliphatic heterocycles. The zero-order chi connectivity index (χ0) is 20.8. The molecular weight excluding hydrogens is 416 g/mol. The van der Waals surface area contributed by atoms with Gasteiger partial charge < -0.3 is 4.74 Å². The number of aliphatic imine (C=N–C) groups is 1. The van der Waals surface area contributed by atoms with Gasteiger partial charge in [0.2, 0.25) is 0 Å². The third-order valence-electron chi connectivity index (χ3n) is 4.16. The van der Waals surface area contributed by atoms with E-state index < -0.39 is 0 Å². The van der Waals surface area contributed by atoms with Crippen molar-refractivity contribution in [3.05, 3.63) is 88.4 Å². The summed E-state index contributed by atoms with van der Waals surface area (Å²) in [5.41, 5.74) is 5.55. The van der Waals surface area contributed by atoms with Crippen molar-refractivity contribution in [1.82, 2.24) is 10.4 Å². The Kier molecular flexibility index (Phi) is 6.37. The highest BCUT2D eigenvalue weighted by molar-refractivity contribution is 7.20. The van der Waals surface area contributed by atoms with Gasteiger partial charge in [0.15, 0.2) is 10.8 Å². The monoisotopic (exact) mass is 434 g/mol. The van der Waals surface area contributed by atoms with Crippen molar-refractivity contribution >= 4 is 50.9 Å². The second-order valence-electron chi connectivity index (χ2n) is 6.27. The molecule has 0 radical (unpaired) electrons. The summed E-state index contributed by atoms with van der Waals surface area (Å²) in [5, 5.41) is 5.73. The van der Waals surface area contributed by atoms with Gasteiger partial charge in [-0.25, -0.2) is 9.98 Å². The summed E-state index contributed by atoms with van der Waals surface area (Å²) in [6, 6.07) is 23.1. The molecular formula is C23H19ClN4OS. The molecule has 0 spiro atoms. The van der Waals surface area contributed by atoms with Crippen LogP contribution in [0, 0.1) is 0 Å². The first-order valence-electron chi connectivity index (χ1n) is 9.44. The molecule has 5 nitrogen and oxygen atoms in total. The maximum atomic E-state index is 6.21. The number of hydrazone groups is 1. The molecule has 1 heterocycles. The van der Waals surface area contributed by atoms with E-state index in [-0.39, 0.29) is 0 Å². The molecule has 1 aromatic heterocycles. The van der Waals surface area contributed by atoms with E-state index in [2.05, 4.69) is 10.5 Å². The van der Waals surface area contributed by atoms with Gasteiger partial charge in [0.25, 0.3) is 0 Å². The maximum Gasteiger partial charge on any atom is 0.183 e. The quantitative estimate of drug-likeness (QED) is 0.228. The number of ether oxygens (including phenoxy) is 1. The predicted molar refractivity (Wildman–Crippen MR) is 126 cm³/mol.